The van der Waals surface area contributed by atoms with Crippen LogP contribution in [0.2, 0.25) is 0 Å². The molecule has 0 amide bonds. The van der Waals surface area contributed by atoms with Gasteiger partial charge in [-0.05, 0) is 84.3 Å². The second kappa shape index (κ2) is 12.2. The van der Waals surface area contributed by atoms with Crippen LogP contribution in [-0.4, -0.2) is 12.6 Å². The van der Waals surface area contributed by atoms with Gasteiger partial charge < -0.3 is 10.1 Å². The van der Waals surface area contributed by atoms with Gasteiger partial charge in [0, 0.05) is 11.8 Å². The van der Waals surface area contributed by atoms with Crippen molar-refractivity contribution >= 4 is 11.7 Å². The SMILES string of the molecule is CCOC(=O)Cc1cc(NC(CCC(C)C)c2cc(F)cc(F)c2)cc(-c2ccc(C(F)(F)F)cc2)c1. The Morgan fingerprint density at radius 1 is 0.892 bits per heavy atom. The van der Waals surface area contributed by atoms with Crippen LogP contribution in [-0.2, 0) is 22.1 Å². The lowest BCUT2D eigenvalue weighted by atomic mass is 9.95. The van der Waals surface area contributed by atoms with Crippen molar-refractivity contribution in [2.75, 3.05) is 11.9 Å². The fourth-order valence-electron chi connectivity index (χ4n) is 4.07. The average molecular weight is 520 g/mol. The second-order valence-electron chi connectivity index (χ2n) is 9.35. The Kier molecular flexibility index (Phi) is 9.29. The molecule has 0 aliphatic rings. The number of halogens is 5. The zero-order valence-electron chi connectivity index (χ0n) is 21.0. The molecule has 8 heteroatoms. The van der Waals surface area contributed by atoms with Crippen LogP contribution < -0.4 is 5.32 Å². The third kappa shape index (κ3) is 8.30. The van der Waals surface area contributed by atoms with Crippen LogP contribution in [0.1, 0.15) is 56.3 Å². The molecule has 1 atom stereocenters. The molecule has 3 aromatic carbocycles. The number of carbonyl (C=O) groups excluding carboxylic acids is 1. The average Bonchev–Trinajstić information content (AvgIpc) is 2.80. The highest BCUT2D eigenvalue weighted by molar-refractivity contribution is 5.76. The summed E-state index contributed by atoms with van der Waals surface area (Å²) in [5.74, 6) is -1.47. The van der Waals surface area contributed by atoms with E-state index in [1.165, 1.54) is 24.3 Å². The molecule has 198 valence electrons. The van der Waals surface area contributed by atoms with E-state index < -0.39 is 35.4 Å². The van der Waals surface area contributed by atoms with E-state index in [1.54, 1.807) is 25.1 Å². The van der Waals surface area contributed by atoms with Crippen molar-refractivity contribution in [2.45, 2.75) is 52.3 Å². The van der Waals surface area contributed by atoms with Crippen LogP contribution in [0, 0.1) is 17.6 Å². The zero-order chi connectivity index (χ0) is 27.2. The first kappa shape index (κ1) is 28.2. The fourth-order valence-corrected chi connectivity index (χ4v) is 4.07. The van der Waals surface area contributed by atoms with Crippen molar-refractivity contribution in [1.29, 1.82) is 0 Å². The summed E-state index contributed by atoms with van der Waals surface area (Å²) in [4.78, 5) is 12.2. The summed E-state index contributed by atoms with van der Waals surface area (Å²) in [6.45, 7) is 6.00. The van der Waals surface area contributed by atoms with Crippen LogP contribution in [0.15, 0.2) is 60.7 Å². The van der Waals surface area contributed by atoms with E-state index in [-0.39, 0.29) is 13.0 Å². The van der Waals surface area contributed by atoms with Gasteiger partial charge in [0.2, 0.25) is 0 Å². The summed E-state index contributed by atoms with van der Waals surface area (Å²) < 4.78 is 72.2. The quantitative estimate of drug-likeness (QED) is 0.216. The van der Waals surface area contributed by atoms with Gasteiger partial charge in [-0.3, -0.25) is 4.79 Å². The van der Waals surface area contributed by atoms with Crippen molar-refractivity contribution in [3.8, 4) is 11.1 Å². The van der Waals surface area contributed by atoms with E-state index in [0.717, 1.165) is 24.6 Å². The molecule has 0 aromatic heterocycles. The largest absolute Gasteiger partial charge is 0.466 e. The number of hydrogen-bond acceptors (Lipinski definition) is 3. The van der Waals surface area contributed by atoms with Crippen molar-refractivity contribution in [3.63, 3.8) is 0 Å². The van der Waals surface area contributed by atoms with Gasteiger partial charge in [-0.25, -0.2) is 8.78 Å². The van der Waals surface area contributed by atoms with E-state index in [2.05, 4.69) is 5.32 Å². The Labute approximate surface area is 213 Å². The third-order valence-electron chi connectivity index (χ3n) is 5.85. The van der Waals surface area contributed by atoms with Crippen LogP contribution >= 0.6 is 0 Å². The molecule has 3 rings (SSSR count). The highest BCUT2D eigenvalue weighted by Crippen LogP contribution is 2.34. The van der Waals surface area contributed by atoms with Gasteiger partial charge in [0.1, 0.15) is 11.6 Å². The molecule has 0 spiro atoms. The number of rotatable bonds is 10. The molecule has 0 bridgehead atoms. The standard InChI is InChI=1S/C29H30F5NO2/c1-4-37-28(36)13-19-11-21(20-6-8-23(9-7-20)29(32,33)34)16-26(12-19)35-27(10-5-18(2)3)22-14-24(30)17-25(31)15-22/h6-9,11-12,14-18,27,35H,4-5,10,13H2,1-3H3. The van der Waals surface area contributed by atoms with Crippen LogP contribution in [0.25, 0.3) is 11.1 Å². The molecular weight excluding hydrogens is 489 g/mol. The number of alkyl halides is 3. The molecule has 0 fully saturated rings. The lowest BCUT2D eigenvalue weighted by molar-refractivity contribution is -0.142. The predicted octanol–water partition coefficient (Wildman–Crippen LogP) is 8.35. The molecule has 1 N–H and O–H groups in total. The van der Waals surface area contributed by atoms with Crippen LogP contribution in [0.3, 0.4) is 0 Å². The Morgan fingerprint density at radius 2 is 1.54 bits per heavy atom. The van der Waals surface area contributed by atoms with E-state index >= 15 is 0 Å². The summed E-state index contributed by atoms with van der Waals surface area (Å²) in [5, 5.41) is 3.33. The number of esters is 1. The summed E-state index contributed by atoms with van der Waals surface area (Å²) >= 11 is 0. The molecule has 3 aromatic rings. The zero-order valence-corrected chi connectivity index (χ0v) is 21.0. The predicted molar refractivity (Wildman–Crippen MR) is 134 cm³/mol. The number of hydrogen-bond donors (Lipinski definition) is 1. The third-order valence-corrected chi connectivity index (χ3v) is 5.85. The van der Waals surface area contributed by atoms with Gasteiger partial charge in [-0.2, -0.15) is 13.2 Å². The maximum atomic E-state index is 14.0. The van der Waals surface area contributed by atoms with Gasteiger partial charge >= 0.3 is 12.1 Å². The molecule has 0 saturated carbocycles. The first-order valence-corrected chi connectivity index (χ1v) is 12.1. The normalized spacial score (nSPS) is 12.5. The molecule has 1 unspecified atom stereocenters. The summed E-state index contributed by atoms with van der Waals surface area (Å²) in [6, 6.07) is 12.9. The minimum absolute atomic E-state index is 0.0394. The number of nitrogens with one attached hydrogen (secondary N) is 1. The molecule has 0 heterocycles. The fraction of sp³-hybridized carbons (Fsp3) is 0.345. The smallest absolute Gasteiger partial charge is 0.416 e. The van der Waals surface area contributed by atoms with E-state index in [0.29, 0.717) is 40.3 Å². The molecule has 0 aliphatic carbocycles. The van der Waals surface area contributed by atoms with Crippen LogP contribution in [0.5, 0.6) is 0 Å². The monoisotopic (exact) mass is 519 g/mol. The van der Waals surface area contributed by atoms with Crippen molar-refractivity contribution < 1.29 is 31.5 Å². The Morgan fingerprint density at radius 3 is 2.11 bits per heavy atom. The Balaban J connectivity index is 2.02. The first-order chi connectivity index (χ1) is 17.4. The van der Waals surface area contributed by atoms with Gasteiger partial charge in [0.15, 0.2) is 0 Å². The van der Waals surface area contributed by atoms with E-state index in [9.17, 15) is 26.7 Å². The Bertz CT molecular complexity index is 1190. The van der Waals surface area contributed by atoms with Gasteiger partial charge in [0.05, 0.1) is 24.6 Å². The molecule has 3 nitrogen and oxygen atoms in total. The molecule has 37 heavy (non-hydrogen) atoms. The highest BCUT2D eigenvalue weighted by atomic mass is 19.4. The molecule has 0 saturated heterocycles. The van der Waals surface area contributed by atoms with Gasteiger partial charge in [-0.15, -0.1) is 0 Å². The van der Waals surface area contributed by atoms with Gasteiger partial charge in [0.25, 0.3) is 0 Å². The van der Waals surface area contributed by atoms with Crippen LogP contribution in [0.4, 0.5) is 27.6 Å². The minimum Gasteiger partial charge on any atom is -0.466 e. The van der Waals surface area contributed by atoms with E-state index in [1.807, 2.05) is 13.8 Å². The first-order valence-electron chi connectivity index (χ1n) is 12.1. The van der Waals surface area contributed by atoms with Crippen molar-refractivity contribution in [3.05, 3.63) is 89.0 Å². The van der Waals surface area contributed by atoms with Gasteiger partial charge in [-0.1, -0.05) is 32.0 Å². The summed E-state index contributed by atoms with van der Waals surface area (Å²) in [5.41, 5.74) is 1.94. The minimum atomic E-state index is -4.46. The summed E-state index contributed by atoms with van der Waals surface area (Å²) in [6.07, 6.45) is -3.13. The number of ether oxygens (including phenoxy) is 1. The highest BCUT2D eigenvalue weighted by Gasteiger charge is 2.30. The second-order valence-corrected chi connectivity index (χ2v) is 9.35. The molecular formula is C29H30F5NO2. The maximum absolute atomic E-state index is 14.0. The topological polar surface area (TPSA) is 38.3 Å². The van der Waals surface area contributed by atoms with E-state index in [4.69, 9.17) is 4.74 Å². The molecule has 0 aliphatic heterocycles. The lowest BCUT2D eigenvalue weighted by Gasteiger charge is -2.23. The van der Waals surface area contributed by atoms with Crippen molar-refractivity contribution in [2.24, 2.45) is 5.92 Å². The molecule has 0 radical (unpaired) electrons. The number of carbonyl (C=O) groups is 1. The Hall–Kier alpha value is -3.42. The maximum Gasteiger partial charge on any atom is 0.416 e. The number of anilines is 1. The van der Waals surface area contributed by atoms with Crippen molar-refractivity contribution in [1.82, 2.24) is 0 Å². The lowest BCUT2D eigenvalue weighted by Crippen LogP contribution is -2.13. The number of benzene rings is 3. The summed E-state index contributed by atoms with van der Waals surface area (Å²) in [7, 11) is 0.